The molecule has 0 unspecified atom stereocenters. The molecule has 4 heteroatoms. The van der Waals surface area contributed by atoms with Crippen molar-refractivity contribution in [2.75, 3.05) is 0 Å². The summed E-state index contributed by atoms with van der Waals surface area (Å²) in [7, 11) is 0. The zero-order chi connectivity index (χ0) is 12.5. The third-order valence-electron chi connectivity index (χ3n) is 2.70. The summed E-state index contributed by atoms with van der Waals surface area (Å²) < 4.78 is 1.97. The predicted octanol–water partition coefficient (Wildman–Crippen LogP) is 4.82. The van der Waals surface area contributed by atoms with Crippen molar-refractivity contribution in [1.29, 1.82) is 0 Å². The lowest BCUT2D eigenvalue weighted by molar-refractivity contribution is 1.22. The average molecular weight is 364 g/mol. The Balaban J connectivity index is 2.37. The summed E-state index contributed by atoms with van der Waals surface area (Å²) in [5, 5.41) is 1.03. The molecule has 0 radical (unpaired) electrons. The SMILES string of the molecule is Brc1cc(Br)c2ncnc(-c3ccccc3)c2c1. The summed E-state index contributed by atoms with van der Waals surface area (Å²) in [4.78, 5) is 8.74. The molecule has 2 nitrogen and oxygen atoms in total. The van der Waals surface area contributed by atoms with Gasteiger partial charge in [0.25, 0.3) is 0 Å². The minimum absolute atomic E-state index is 0.923. The van der Waals surface area contributed by atoms with Crippen molar-refractivity contribution in [3.63, 3.8) is 0 Å². The molecule has 0 atom stereocenters. The molecule has 0 bridgehead atoms. The number of fused-ring (bicyclic) bond motifs is 1. The Morgan fingerprint density at radius 1 is 0.889 bits per heavy atom. The van der Waals surface area contributed by atoms with E-state index in [2.05, 4.69) is 54.0 Å². The third kappa shape index (κ3) is 2.06. The first-order valence-electron chi connectivity index (χ1n) is 5.41. The summed E-state index contributed by atoms with van der Waals surface area (Å²) in [6, 6.07) is 14.2. The molecule has 0 aliphatic carbocycles. The first kappa shape index (κ1) is 11.8. The van der Waals surface area contributed by atoms with E-state index in [0.717, 1.165) is 31.1 Å². The van der Waals surface area contributed by atoms with Crippen LogP contribution in [-0.2, 0) is 0 Å². The molecule has 0 N–H and O–H groups in total. The highest BCUT2D eigenvalue weighted by molar-refractivity contribution is 9.11. The van der Waals surface area contributed by atoms with Crippen molar-refractivity contribution in [3.8, 4) is 11.3 Å². The Morgan fingerprint density at radius 2 is 1.67 bits per heavy atom. The van der Waals surface area contributed by atoms with Crippen LogP contribution in [0.3, 0.4) is 0 Å². The maximum atomic E-state index is 4.41. The zero-order valence-corrected chi connectivity index (χ0v) is 12.4. The minimum Gasteiger partial charge on any atom is -0.236 e. The highest BCUT2D eigenvalue weighted by Gasteiger charge is 2.09. The lowest BCUT2D eigenvalue weighted by atomic mass is 10.1. The molecule has 18 heavy (non-hydrogen) atoms. The van der Waals surface area contributed by atoms with Gasteiger partial charge in [-0.2, -0.15) is 0 Å². The topological polar surface area (TPSA) is 25.8 Å². The van der Waals surface area contributed by atoms with Gasteiger partial charge in [0.1, 0.15) is 6.33 Å². The average Bonchev–Trinajstić information content (AvgIpc) is 2.39. The van der Waals surface area contributed by atoms with Crippen LogP contribution in [-0.4, -0.2) is 9.97 Å². The maximum absolute atomic E-state index is 4.41. The van der Waals surface area contributed by atoms with E-state index in [1.165, 1.54) is 0 Å². The summed E-state index contributed by atoms with van der Waals surface area (Å²) >= 11 is 7.04. The molecule has 0 fully saturated rings. The number of hydrogen-bond donors (Lipinski definition) is 0. The van der Waals surface area contributed by atoms with Crippen molar-refractivity contribution in [1.82, 2.24) is 9.97 Å². The van der Waals surface area contributed by atoms with Gasteiger partial charge in [0.2, 0.25) is 0 Å². The van der Waals surface area contributed by atoms with Gasteiger partial charge in [-0.05, 0) is 28.1 Å². The van der Waals surface area contributed by atoms with Crippen LogP contribution < -0.4 is 0 Å². The predicted molar refractivity (Wildman–Crippen MR) is 80.4 cm³/mol. The molecule has 0 aliphatic heterocycles. The monoisotopic (exact) mass is 362 g/mol. The van der Waals surface area contributed by atoms with Crippen LogP contribution in [0.2, 0.25) is 0 Å². The lowest BCUT2D eigenvalue weighted by Gasteiger charge is -2.07. The fraction of sp³-hybridized carbons (Fsp3) is 0. The van der Waals surface area contributed by atoms with E-state index in [1.807, 2.05) is 30.3 Å². The van der Waals surface area contributed by atoms with Gasteiger partial charge in [-0.15, -0.1) is 0 Å². The molecule has 0 spiro atoms. The van der Waals surface area contributed by atoms with E-state index in [9.17, 15) is 0 Å². The van der Waals surface area contributed by atoms with Gasteiger partial charge in [0.05, 0.1) is 11.2 Å². The van der Waals surface area contributed by atoms with E-state index in [1.54, 1.807) is 6.33 Å². The number of halogens is 2. The largest absolute Gasteiger partial charge is 0.236 e. The second kappa shape index (κ2) is 4.78. The highest BCUT2D eigenvalue weighted by Crippen LogP contribution is 2.32. The first-order valence-corrected chi connectivity index (χ1v) is 6.99. The second-order valence-corrected chi connectivity index (χ2v) is 5.64. The van der Waals surface area contributed by atoms with Gasteiger partial charge in [-0.3, -0.25) is 0 Å². The Morgan fingerprint density at radius 3 is 2.44 bits per heavy atom. The van der Waals surface area contributed by atoms with E-state index in [-0.39, 0.29) is 0 Å². The van der Waals surface area contributed by atoms with Crippen LogP contribution in [0, 0.1) is 0 Å². The van der Waals surface area contributed by atoms with Crippen LogP contribution in [0.4, 0.5) is 0 Å². The smallest absolute Gasteiger partial charge is 0.116 e. The van der Waals surface area contributed by atoms with Crippen molar-refractivity contribution in [2.45, 2.75) is 0 Å². The standard InChI is InChI=1S/C14H8Br2N2/c15-10-6-11-13(9-4-2-1-3-5-9)17-8-18-14(11)12(16)7-10/h1-8H. The Bertz CT molecular complexity index is 712. The first-order chi connectivity index (χ1) is 8.75. The van der Waals surface area contributed by atoms with Crippen LogP contribution in [0.5, 0.6) is 0 Å². The van der Waals surface area contributed by atoms with Gasteiger partial charge in [0, 0.05) is 19.9 Å². The Kier molecular flexibility index (Phi) is 3.14. The van der Waals surface area contributed by atoms with E-state index in [4.69, 9.17) is 0 Å². The number of benzene rings is 2. The molecule has 3 aromatic rings. The summed E-state index contributed by atoms with van der Waals surface area (Å²) in [5.41, 5.74) is 2.96. The molecule has 2 aromatic carbocycles. The minimum atomic E-state index is 0.923. The van der Waals surface area contributed by atoms with E-state index >= 15 is 0 Å². The van der Waals surface area contributed by atoms with Crippen LogP contribution in [0.25, 0.3) is 22.2 Å². The molecule has 0 saturated heterocycles. The van der Waals surface area contributed by atoms with Gasteiger partial charge >= 0.3 is 0 Å². The molecule has 1 aromatic heterocycles. The summed E-state index contributed by atoms with van der Waals surface area (Å²) in [6.07, 6.45) is 1.60. The molecule has 0 saturated carbocycles. The normalized spacial score (nSPS) is 10.8. The fourth-order valence-electron chi connectivity index (χ4n) is 1.92. The van der Waals surface area contributed by atoms with E-state index < -0.39 is 0 Å². The van der Waals surface area contributed by atoms with Crippen molar-refractivity contribution in [3.05, 3.63) is 57.7 Å². The highest BCUT2D eigenvalue weighted by atomic mass is 79.9. The van der Waals surface area contributed by atoms with Crippen LogP contribution in [0.1, 0.15) is 0 Å². The van der Waals surface area contributed by atoms with Gasteiger partial charge in [0.15, 0.2) is 0 Å². The Hall–Kier alpha value is -1.26. The molecule has 0 amide bonds. The molecule has 3 rings (SSSR count). The van der Waals surface area contributed by atoms with Crippen molar-refractivity contribution in [2.24, 2.45) is 0 Å². The van der Waals surface area contributed by atoms with Crippen molar-refractivity contribution >= 4 is 42.8 Å². The maximum Gasteiger partial charge on any atom is 0.116 e. The molecular formula is C14H8Br2N2. The van der Waals surface area contributed by atoms with E-state index in [0.29, 0.717) is 0 Å². The number of nitrogens with zero attached hydrogens (tertiary/aromatic N) is 2. The zero-order valence-electron chi connectivity index (χ0n) is 9.27. The number of hydrogen-bond acceptors (Lipinski definition) is 2. The van der Waals surface area contributed by atoms with Gasteiger partial charge < -0.3 is 0 Å². The fourth-order valence-corrected chi connectivity index (χ4v) is 3.25. The lowest BCUT2D eigenvalue weighted by Crippen LogP contribution is -1.89. The van der Waals surface area contributed by atoms with Crippen molar-refractivity contribution < 1.29 is 0 Å². The molecule has 1 heterocycles. The Labute approximate surface area is 121 Å². The second-order valence-electron chi connectivity index (χ2n) is 3.87. The van der Waals surface area contributed by atoms with Crippen LogP contribution >= 0.6 is 31.9 Å². The van der Waals surface area contributed by atoms with Crippen LogP contribution in [0.15, 0.2) is 57.7 Å². The molecule has 88 valence electrons. The van der Waals surface area contributed by atoms with Gasteiger partial charge in [-0.1, -0.05) is 46.3 Å². The number of aromatic nitrogens is 2. The molecular weight excluding hydrogens is 356 g/mol. The van der Waals surface area contributed by atoms with Gasteiger partial charge in [-0.25, -0.2) is 9.97 Å². The number of rotatable bonds is 1. The quantitative estimate of drug-likeness (QED) is 0.619. The summed E-state index contributed by atoms with van der Waals surface area (Å²) in [6.45, 7) is 0. The summed E-state index contributed by atoms with van der Waals surface area (Å²) in [5.74, 6) is 0. The third-order valence-corrected chi connectivity index (χ3v) is 3.77. The molecule has 0 aliphatic rings.